The average Bonchev–Trinajstić information content (AvgIpc) is 2.97. The number of carbonyl (C=O) groups is 2. The molecule has 0 radical (unpaired) electrons. The van der Waals surface area contributed by atoms with Crippen LogP contribution in [0.25, 0.3) is 10.8 Å². The monoisotopic (exact) mass is 264 g/mol. The zero-order chi connectivity index (χ0) is 13.9. The second-order valence-electron chi connectivity index (χ2n) is 4.43. The lowest BCUT2D eigenvalue weighted by molar-refractivity contribution is 0.102. The molecule has 0 aliphatic rings. The quantitative estimate of drug-likeness (QED) is 0.713. The van der Waals surface area contributed by atoms with Crippen LogP contribution >= 0.6 is 0 Å². The van der Waals surface area contributed by atoms with Crippen LogP contribution in [-0.4, -0.2) is 17.2 Å². The third-order valence-electron chi connectivity index (χ3n) is 3.12. The summed E-state index contributed by atoms with van der Waals surface area (Å²) in [5.74, 6) is -0.269. The molecule has 0 aliphatic carbocycles. The Labute approximate surface area is 115 Å². The largest absolute Gasteiger partial charge is 0.348 e. The summed E-state index contributed by atoms with van der Waals surface area (Å²) in [6.07, 6.45) is 0.675. The van der Waals surface area contributed by atoms with Gasteiger partial charge in [-0.2, -0.15) is 0 Å². The van der Waals surface area contributed by atoms with Crippen LogP contribution in [0.2, 0.25) is 0 Å². The van der Waals surface area contributed by atoms with Crippen molar-refractivity contribution in [3.63, 3.8) is 0 Å². The van der Waals surface area contributed by atoms with E-state index in [9.17, 15) is 9.59 Å². The Hall–Kier alpha value is -2.88. The molecule has 0 atom stereocenters. The van der Waals surface area contributed by atoms with Gasteiger partial charge in [-0.25, -0.2) is 0 Å². The Morgan fingerprint density at radius 3 is 2.60 bits per heavy atom. The van der Waals surface area contributed by atoms with Crippen LogP contribution in [-0.2, 0) is 0 Å². The SMILES string of the molecule is O=Cc1ccc(C(=O)Nc2cccc3ccccc23)[nH]1. The van der Waals surface area contributed by atoms with E-state index < -0.39 is 0 Å². The molecule has 4 heteroatoms. The molecule has 1 heterocycles. The van der Waals surface area contributed by atoms with Gasteiger partial charge >= 0.3 is 0 Å². The number of hydrogen-bond acceptors (Lipinski definition) is 2. The molecule has 3 rings (SSSR count). The summed E-state index contributed by atoms with van der Waals surface area (Å²) in [5.41, 5.74) is 1.49. The Morgan fingerprint density at radius 1 is 1.00 bits per heavy atom. The van der Waals surface area contributed by atoms with Crippen molar-refractivity contribution in [3.8, 4) is 0 Å². The molecule has 0 saturated heterocycles. The molecule has 1 aromatic heterocycles. The first-order chi connectivity index (χ1) is 9.78. The summed E-state index contributed by atoms with van der Waals surface area (Å²) in [4.78, 5) is 25.5. The van der Waals surface area contributed by atoms with Gasteiger partial charge in [0.05, 0.1) is 5.69 Å². The summed E-state index contributed by atoms with van der Waals surface area (Å²) >= 11 is 0. The van der Waals surface area contributed by atoms with Gasteiger partial charge in [0.1, 0.15) is 5.69 Å². The number of H-pyrrole nitrogens is 1. The van der Waals surface area contributed by atoms with Crippen LogP contribution in [0.1, 0.15) is 21.0 Å². The normalized spacial score (nSPS) is 10.4. The molecule has 0 fully saturated rings. The first kappa shape index (κ1) is 12.2. The molecule has 2 N–H and O–H groups in total. The van der Waals surface area contributed by atoms with E-state index in [0.29, 0.717) is 17.7 Å². The number of rotatable bonds is 3. The van der Waals surface area contributed by atoms with Crippen LogP contribution in [0.3, 0.4) is 0 Å². The predicted molar refractivity (Wildman–Crippen MR) is 78.1 cm³/mol. The highest BCUT2D eigenvalue weighted by Gasteiger charge is 2.10. The third kappa shape index (κ3) is 2.19. The van der Waals surface area contributed by atoms with E-state index in [1.807, 2.05) is 42.5 Å². The molecule has 0 aliphatic heterocycles. The molecule has 1 amide bonds. The number of aromatic nitrogens is 1. The molecule has 4 nitrogen and oxygen atoms in total. The number of hydrogen-bond donors (Lipinski definition) is 2. The predicted octanol–water partition coefficient (Wildman–Crippen LogP) is 3.23. The van der Waals surface area contributed by atoms with Crippen LogP contribution in [0.4, 0.5) is 5.69 Å². The van der Waals surface area contributed by atoms with Gasteiger partial charge in [0, 0.05) is 11.1 Å². The maximum atomic E-state index is 12.1. The van der Waals surface area contributed by atoms with E-state index >= 15 is 0 Å². The fourth-order valence-corrected chi connectivity index (χ4v) is 2.14. The molecule has 98 valence electrons. The van der Waals surface area contributed by atoms with E-state index in [0.717, 1.165) is 16.5 Å². The fourth-order valence-electron chi connectivity index (χ4n) is 2.14. The van der Waals surface area contributed by atoms with Gasteiger partial charge < -0.3 is 10.3 Å². The zero-order valence-electron chi connectivity index (χ0n) is 10.6. The lowest BCUT2D eigenvalue weighted by Gasteiger charge is -2.07. The highest BCUT2D eigenvalue weighted by atomic mass is 16.2. The summed E-state index contributed by atoms with van der Waals surface area (Å²) < 4.78 is 0. The van der Waals surface area contributed by atoms with E-state index in [1.165, 1.54) is 0 Å². The van der Waals surface area contributed by atoms with Gasteiger partial charge in [-0.1, -0.05) is 36.4 Å². The zero-order valence-corrected chi connectivity index (χ0v) is 10.6. The topological polar surface area (TPSA) is 62.0 Å². The lowest BCUT2D eigenvalue weighted by atomic mass is 10.1. The van der Waals surface area contributed by atoms with Crippen molar-refractivity contribution >= 4 is 28.7 Å². The van der Waals surface area contributed by atoms with Crippen LogP contribution in [0, 0.1) is 0 Å². The van der Waals surface area contributed by atoms with Gasteiger partial charge in [0.15, 0.2) is 6.29 Å². The van der Waals surface area contributed by atoms with Crippen LogP contribution in [0.15, 0.2) is 54.6 Å². The number of fused-ring (bicyclic) bond motifs is 1. The maximum absolute atomic E-state index is 12.1. The maximum Gasteiger partial charge on any atom is 0.272 e. The van der Waals surface area contributed by atoms with Crippen molar-refractivity contribution in [1.82, 2.24) is 4.98 Å². The van der Waals surface area contributed by atoms with Crippen LogP contribution in [0.5, 0.6) is 0 Å². The molecule has 0 bridgehead atoms. The minimum absolute atomic E-state index is 0.269. The van der Waals surface area contributed by atoms with Crippen molar-refractivity contribution in [3.05, 3.63) is 66.0 Å². The van der Waals surface area contributed by atoms with Crippen molar-refractivity contribution < 1.29 is 9.59 Å². The Kier molecular flexibility index (Phi) is 3.05. The minimum atomic E-state index is -0.269. The summed E-state index contributed by atoms with van der Waals surface area (Å²) in [7, 11) is 0. The van der Waals surface area contributed by atoms with Gasteiger partial charge in [-0.3, -0.25) is 9.59 Å². The lowest BCUT2D eigenvalue weighted by Crippen LogP contribution is -2.12. The number of amides is 1. The van der Waals surface area contributed by atoms with Crippen molar-refractivity contribution in [2.75, 3.05) is 5.32 Å². The fraction of sp³-hybridized carbons (Fsp3) is 0. The second-order valence-corrected chi connectivity index (χ2v) is 4.43. The Morgan fingerprint density at radius 2 is 1.80 bits per heavy atom. The van der Waals surface area contributed by atoms with E-state index in [1.54, 1.807) is 12.1 Å². The minimum Gasteiger partial charge on any atom is -0.348 e. The first-order valence-corrected chi connectivity index (χ1v) is 6.21. The smallest absolute Gasteiger partial charge is 0.272 e. The van der Waals surface area contributed by atoms with Gasteiger partial charge in [-0.05, 0) is 23.6 Å². The van der Waals surface area contributed by atoms with Gasteiger partial charge in [-0.15, -0.1) is 0 Å². The first-order valence-electron chi connectivity index (χ1n) is 6.21. The molecule has 0 spiro atoms. The summed E-state index contributed by atoms with van der Waals surface area (Å²) in [6, 6.07) is 16.7. The van der Waals surface area contributed by atoms with Gasteiger partial charge in [0.2, 0.25) is 0 Å². The van der Waals surface area contributed by atoms with Crippen molar-refractivity contribution in [1.29, 1.82) is 0 Å². The second kappa shape index (κ2) is 5.01. The summed E-state index contributed by atoms with van der Waals surface area (Å²) in [5, 5.41) is 4.89. The van der Waals surface area contributed by atoms with Gasteiger partial charge in [0.25, 0.3) is 5.91 Å². The molecule has 0 saturated carbocycles. The number of aldehydes is 1. The molecule has 20 heavy (non-hydrogen) atoms. The average molecular weight is 264 g/mol. The molecule has 3 aromatic rings. The number of anilines is 1. The van der Waals surface area contributed by atoms with Crippen LogP contribution < -0.4 is 5.32 Å². The number of carbonyl (C=O) groups excluding carboxylic acids is 2. The van der Waals surface area contributed by atoms with E-state index in [2.05, 4.69) is 10.3 Å². The number of aromatic amines is 1. The molecule has 0 unspecified atom stereocenters. The molecular weight excluding hydrogens is 252 g/mol. The number of nitrogens with one attached hydrogen (secondary N) is 2. The Balaban J connectivity index is 1.93. The van der Waals surface area contributed by atoms with Crippen molar-refractivity contribution in [2.45, 2.75) is 0 Å². The number of benzene rings is 2. The standard InChI is InChI=1S/C16H12N2O2/c19-10-12-8-9-15(17-12)16(20)18-14-7-3-5-11-4-1-2-6-13(11)14/h1-10,17H,(H,18,20). The van der Waals surface area contributed by atoms with E-state index in [-0.39, 0.29) is 5.91 Å². The highest BCUT2D eigenvalue weighted by Crippen LogP contribution is 2.23. The molecule has 2 aromatic carbocycles. The third-order valence-corrected chi connectivity index (χ3v) is 3.12. The molecular formula is C16H12N2O2. The van der Waals surface area contributed by atoms with E-state index in [4.69, 9.17) is 0 Å². The summed E-state index contributed by atoms with van der Waals surface area (Å²) in [6.45, 7) is 0. The Bertz CT molecular complexity index is 785. The van der Waals surface area contributed by atoms with Crippen molar-refractivity contribution in [2.24, 2.45) is 0 Å². The highest BCUT2D eigenvalue weighted by molar-refractivity contribution is 6.08.